The number of carbonyl (C=O) groups excluding carboxylic acids is 1. The first-order valence-electron chi connectivity index (χ1n) is 12.1. The summed E-state index contributed by atoms with van der Waals surface area (Å²) in [5.74, 6) is -0.0440. The molecule has 3 heterocycles. The van der Waals surface area contributed by atoms with Gasteiger partial charge < -0.3 is 25.4 Å². The number of nitriles is 1. The summed E-state index contributed by atoms with van der Waals surface area (Å²) in [5, 5.41) is 34.0. The number of nitrogens with zero attached hydrogens (tertiary/aromatic N) is 2. The van der Waals surface area contributed by atoms with Crippen molar-refractivity contribution in [3.05, 3.63) is 82.9 Å². The number of nitrogens with two attached hydrogens (primary N) is 1. The van der Waals surface area contributed by atoms with Crippen molar-refractivity contribution in [1.29, 1.82) is 5.26 Å². The van der Waals surface area contributed by atoms with Crippen molar-refractivity contribution < 1.29 is 24.5 Å². The number of carbonyl (C=O) groups is 1. The van der Waals surface area contributed by atoms with E-state index in [1.54, 1.807) is 36.4 Å². The van der Waals surface area contributed by atoms with E-state index in [1.807, 2.05) is 31.2 Å². The van der Waals surface area contributed by atoms with Crippen molar-refractivity contribution >= 4 is 16.7 Å². The fraction of sp³-hybridized carbons (Fsp3) is 0.241. The minimum atomic E-state index is -0.813. The number of amides is 1. The minimum absolute atomic E-state index is 0.0607. The summed E-state index contributed by atoms with van der Waals surface area (Å²) in [5.41, 5.74) is 6.43. The van der Waals surface area contributed by atoms with E-state index in [-0.39, 0.29) is 11.8 Å². The van der Waals surface area contributed by atoms with Gasteiger partial charge in [-0.2, -0.15) is 5.26 Å². The summed E-state index contributed by atoms with van der Waals surface area (Å²) < 4.78 is 13.9. The Labute approximate surface area is 213 Å². The number of benzene rings is 3. The number of fused-ring (bicyclic) bond motifs is 6. The number of rotatable bonds is 6. The van der Waals surface area contributed by atoms with Gasteiger partial charge in [0.15, 0.2) is 0 Å². The van der Waals surface area contributed by atoms with Crippen LogP contribution in [0.25, 0.3) is 16.5 Å². The standard InChI is InChI=1S/C29H25N3O5/c1-28-12-13-29(37-28,14-15-36-19-9-6-17(7-10-19)25(31)33)24-23(28)26(34)32(27(24)35)22-11-8-18(16-30)20-4-2-3-5-21(20)22/h2-11,34-35H,12-15H2,1H3,(H2,31,33)/t28-,29-/m0/s1. The lowest BCUT2D eigenvalue weighted by Gasteiger charge is -2.26. The first kappa shape index (κ1) is 23.0. The lowest BCUT2D eigenvalue weighted by Crippen LogP contribution is -2.25. The number of hydrogen-bond acceptors (Lipinski definition) is 6. The van der Waals surface area contributed by atoms with E-state index in [4.69, 9.17) is 15.2 Å². The zero-order valence-corrected chi connectivity index (χ0v) is 20.2. The fourth-order valence-corrected chi connectivity index (χ4v) is 5.96. The smallest absolute Gasteiger partial charge is 0.248 e. The van der Waals surface area contributed by atoms with Crippen LogP contribution < -0.4 is 10.5 Å². The third-order valence-electron chi connectivity index (χ3n) is 7.71. The van der Waals surface area contributed by atoms with Crippen molar-refractivity contribution in [3.8, 4) is 29.3 Å². The molecule has 2 aliphatic heterocycles. The van der Waals surface area contributed by atoms with E-state index >= 15 is 0 Å². The molecule has 2 atom stereocenters. The highest BCUT2D eigenvalue weighted by Gasteiger charge is 2.61. The predicted octanol–water partition coefficient (Wildman–Crippen LogP) is 4.72. The quantitative estimate of drug-likeness (QED) is 0.355. The number of aromatic hydroxyl groups is 2. The molecule has 3 aromatic carbocycles. The molecule has 4 N–H and O–H groups in total. The van der Waals surface area contributed by atoms with Crippen LogP contribution in [0.3, 0.4) is 0 Å². The van der Waals surface area contributed by atoms with Crippen LogP contribution in [0.5, 0.6) is 17.5 Å². The van der Waals surface area contributed by atoms with Crippen molar-refractivity contribution in [1.82, 2.24) is 4.57 Å². The van der Waals surface area contributed by atoms with Crippen molar-refractivity contribution in [3.63, 3.8) is 0 Å². The Balaban J connectivity index is 1.38. The van der Waals surface area contributed by atoms with Gasteiger partial charge in [0, 0.05) is 22.8 Å². The molecule has 0 unspecified atom stereocenters. The molecule has 2 bridgehead atoms. The summed E-state index contributed by atoms with van der Waals surface area (Å²) >= 11 is 0. The average molecular weight is 496 g/mol. The lowest BCUT2D eigenvalue weighted by atomic mass is 9.78. The highest BCUT2D eigenvalue weighted by Crippen LogP contribution is 2.65. The second-order valence-corrected chi connectivity index (χ2v) is 9.84. The van der Waals surface area contributed by atoms with Crippen LogP contribution in [0.4, 0.5) is 0 Å². The van der Waals surface area contributed by atoms with Crippen LogP contribution in [0.2, 0.25) is 0 Å². The van der Waals surface area contributed by atoms with E-state index in [9.17, 15) is 20.3 Å². The van der Waals surface area contributed by atoms with Crippen LogP contribution in [0, 0.1) is 11.3 Å². The van der Waals surface area contributed by atoms with Gasteiger partial charge in [-0.1, -0.05) is 24.3 Å². The molecule has 0 aliphatic carbocycles. The number of hydrogen-bond donors (Lipinski definition) is 3. The fourth-order valence-electron chi connectivity index (χ4n) is 5.96. The molecular formula is C29H25N3O5. The Hall–Kier alpha value is -4.48. The second-order valence-electron chi connectivity index (χ2n) is 9.84. The Morgan fingerprint density at radius 1 is 1.05 bits per heavy atom. The van der Waals surface area contributed by atoms with E-state index < -0.39 is 17.1 Å². The number of ether oxygens (including phenoxy) is 2. The minimum Gasteiger partial charge on any atom is -0.494 e. The molecule has 4 aromatic rings. The molecule has 186 valence electrons. The summed E-state index contributed by atoms with van der Waals surface area (Å²) in [4.78, 5) is 11.3. The van der Waals surface area contributed by atoms with Gasteiger partial charge in [-0.25, -0.2) is 0 Å². The maximum absolute atomic E-state index is 11.5. The molecule has 1 amide bonds. The molecular weight excluding hydrogens is 470 g/mol. The van der Waals surface area contributed by atoms with Gasteiger partial charge in [-0.05, 0) is 56.2 Å². The van der Waals surface area contributed by atoms with Gasteiger partial charge in [0.05, 0.1) is 40.7 Å². The Kier molecular flexibility index (Phi) is 4.97. The zero-order chi connectivity index (χ0) is 25.9. The van der Waals surface area contributed by atoms with Gasteiger partial charge in [-0.3, -0.25) is 9.36 Å². The summed E-state index contributed by atoms with van der Waals surface area (Å²) in [6.45, 7) is 2.24. The molecule has 1 aromatic heterocycles. The van der Waals surface area contributed by atoms with Crippen LogP contribution in [-0.4, -0.2) is 27.3 Å². The Morgan fingerprint density at radius 3 is 2.46 bits per heavy atom. The number of aromatic nitrogens is 1. The van der Waals surface area contributed by atoms with Crippen molar-refractivity contribution in [2.24, 2.45) is 5.73 Å². The lowest BCUT2D eigenvalue weighted by molar-refractivity contribution is -0.0876. The number of primary amides is 1. The van der Waals surface area contributed by atoms with Gasteiger partial charge >= 0.3 is 0 Å². The molecule has 8 nitrogen and oxygen atoms in total. The van der Waals surface area contributed by atoms with E-state index in [1.165, 1.54) is 4.57 Å². The highest BCUT2D eigenvalue weighted by molar-refractivity contribution is 5.95. The van der Waals surface area contributed by atoms with Crippen LogP contribution in [0.15, 0.2) is 60.7 Å². The van der Waals surface area contributed by atoms with Gasteiger partial charge in [0.25, 0.3) is 0 Å². The summed E-state index contributed by atoms with van der Waals surface area (Å²) in [6, 6.07) is 19.7. The third-order valence-corrected chi connectivity index (χ3v) is 7.71. The van der Waals surface area contributed by atoms with Crippen LogP contribution in [0.1, 0.15) is 53.2 Å². The highest BCUT2D eigenvalue weighted by atomic mass is 16.5. The largest absolute Gasteiger partial charge is 0.494 e. The van der Waals surface area contributed by atoms with E-state index in [0.717, 1.165) is 10.8 Å². The predicted molar refractivity (Wildman–Crippen MR) is 136 cm³/mol. The first-order chi connectivity index (χ1) is 17.8. The molecule has 0 radical (unpaired) electrons. The van der Waals surface area contributed by atoms with Gasteiger partial charge in [0.1, 0.15) is 11.4 Å². The maximum atomic E-state index is 11.5. The monoisotopic (exact) mass is 495 g/mol. The molecule has 0 saturated carbocycles. The topological polar surface area (TPSA) is 131 Å². The average Bonchev–Trinajstić information content (AvgIpc) is 3.48. The summed E-state index contributed by atoms with van der Waals surface area (Å²) in [7, 11) is 0. The Morgan fingerprint density at radius 2 is 1.76 bits per heavy atom. The van der Waals surface area contributed by atoms with Gasteiger partial charge in [-0.15, -0.1) is 0 Å². The molecule has 0 spiro atoms. The Bertz CT molecular complexity index is 1620. The molecule has 1 saturated heterocycles. The van der Waals surface area contributed by atoms with Crippen LogP contribution >= 0.6 is 0 Å². The third kappa shape index (κ3) is 3.28. The van der Waals surface area contributed by atoms with E-state index in [2.05, 4.69) is 6.07 Å². The molecule has 1 fully saturated rings. The second kappa shape index (κ2) is 8.02. The SMILES string of the molecule is C[C@@]12CC[C@@](CCOc3ccc(C(N)=O)cc3)(O1)c1c2c(O)n(-c2ccc(C#N)c3ccccc23)c1O. The van der Waals surface area contributed by atoms with Crippen molar-refractivity contribution in [2.45, 2.75) is 37.4 Å². The normalized spacial score (nSPS) is 21.6. The van der Waals surface area contributed by atoms with E-state index in [0.29, 0.717) is 59.6 Å². The molecule has 8 heteroatoms. The molecule has 37 heavy (non-hydrogen) atoms. The molecule has 2 aliphatic rings. The first-order valence-corrected chi connectivity index (χ1v) is 12.1. The maximum Gasteiger partial charge on any atom is 0.248 e. The van der Waals surface area contributed by atoms with Crippen LogP contribution in [-0.2, 0) is 15.9 Å². The van der Waals surface area contributed by atoms with Gasteiger partial charge in [0.2, 0.25) is 17.7 Å². The zero-order valence-electron chi connectivity index (χ0n) is 20.2. The van der Waals surface area contributed by atoms with Crippen molar-refractivity contribution in [2.75, 3.05) is 6.61 Å². The molecule has 6 rings (SSSR count). The summed E-state index contributed by atoms with van der Waals surface area (Å²) in [6.07, 6.45) is 1.82.